The maximum absolute atomic E-state index is 10.5. The number of amides is 1. The van der Waals surface area contributed by atoms with Crippen molar-refractivity contribution in [3.63, 3.8) is 0 Å². The van der Waals surface area contributed by atoms with Gasteiger partial charge in [0.05, 0.1) is 29.7 Å². The normalized spacial score (nSPS) is 19.4. The number of hydrogen-bond acceptors (Lipinski definition) is 7. The molecule has 2 saturated carbocycles. The van der Waals surface area contributed by atoms with Crippen molar-refractivity contribution in [2.24, 2.45) is 18.7 Å². The number of primary amides is 1. The summed E-state index contributed by atoms with van der Waals surface area (Å²) in [5, 5.41) is 12.4. The summed E-state index contributed by atoms with van der Waals surface area (Å²) in [6.07, 6.45) is 19.3. The molecule has 0 aromatic carbocycles. The number of nitrogens with one attached hydrogen (secondary N) is 2. The third kappa shape index (κ3) is 9.12. The van der Waals surface area contributed by atoms with Crippen LogP contribution in [0.3, 0.4) is 0 Å². The fraction of sp³-hybridized carbons (Fsp3) is 0.714. The molecule has 0 unspecified atom stereocenters. The number of rotatable bonds is 16. The van der Waals surface area contributed by atoms with Gasteiger partial charge in [-0.3, -0.25) is 4.68 Å². The van der Waals surface area contributed by atoms with E-state index in [1.165, 1.54) is 63.5 Å². The van der Waals surface area contributed by atoms with Gasteiger partial charge >= 0.3 is 6.09 Å². The molecule has 0 radical (unpaired) electrons. The number of anilines is 1. The lowest BCUT2D eigenvalue weighted by molar-refractivity contribution is 0.154. The topological polar surface area (TPSA) is 120 Å². The summed E-state index contributed by atoms with van der Waals surface area (Å²) in [5.74, 6) is 1.42. The van der Waals surface area contributed by atoms with Gasteiger partial charge in [0.2, 0.25) is 5.95 Å². The fourth-order valence-corrected chi connectivity index (χ4v) is 5.53. The van der Waals surface area contributed by atoms with Gasteiger partial charge in [-0.25, -0.2) is 14.8 Å². The van der Waals surface area contributed by atoms with E-state index in [-0.39, 0.29) is 0 Å². The molecule has 38 heavy (non-hydrogen) atoms. The van der Waals surface area contributed by atoms with E-state index >= 15 is 0 Å². The van der Waals surface area contributed by atoms with Crippen LogP contribution in [-0.4, -0.2) is 51.1 Å². The second kappa shape index (κ2) is 14.7. The van der Waals surface area contributed by atoms with Gasteiger partial charge in [0.15, 0.2) is 0 Å². The highest BCUT2D eigenvalue weighted by molar-refractivity contribution is 6.32. The third-order valence-electron chi connectivity index (χ3n) is 7.80. The molecule has 2 fully saturated rings. The molecule has 4 N–H and O–H groups in total. The third-order valence-corrected chi connectivity index (χ3v) is 8.08. The van der Waals surface area contributed by atoms with Crippen molar-refractivity contribution in [1.29, 1.82) is 0 Å². The first-order chi connectivity index (χ1) is 18.5. The Morgan fingerprint density at radius 3 is 2.42 bits per heavy atom. The average Bonchev–Trinajstić information content (AvgIpc) is 3.66. The van der Waals surface area contributed by atoms with Gasteiger partial charge in [-0.05, 0) is 70.3 Å². The van der Waals surface area contributed by atoms with Crippen molar-refractivity contribution in [2.45, 2.75) is 102 Å². The molecule has 0 atom stereocenters. The Kier molecular flexibility index (Phi) is 11.1. The number of aryl methyl sites for hydroxylation is 1. The summed E-state index contributed by atoms with van der Waals surface area (Å²) in [7, 11) is 2.00. The minimum Gasteiger partial charge on any atom is -0.450 e. The molecule has 210 valence electrons. The Hall–Kier alpha value is -2.39. The van der Waals surface area contributed by atoms with E-state index in [1.54, 1.807) is 6.20 Å². The highest BCUT2D eigenvalue weighted by Crippen LogP contribution is 2.37. The van der Waals surface area contributed by atoms with Gasteiger partial charge < -0.3 is 21.1 Å². The predicted octanol–water partition coefficient (Wildman–Crippen LogP) is 5.62. The van der Waals surface area contributed by atoms with Crippen molar-refractivity contribution in [3.8, 4) is 11.3 Å². The summed E-state index contributed by atoms with van der Waals surface area (Å²) >= 11 is 6.53. The summed E-state index contributed by atoms with van der Waals surface area (Å²) in [4.78, 5) is 19.8. The Balaban J connectivity index is 1.11. The van der Waals surface area contributed by atoms with Crippen LogP contribution in [-0.2, 0) is 18.2 Å². The van der Waals surface area contributed by atoms with Crippen molar-refractivity contribution >= 4 is 23.6 Å². The largest absolute Gasteiger partial charge is 0.450 e. The molecule has 0 saturated heterocycles. The fourth-order valence-electron chi connectivity index (χ4n) is 5.34. The number of carbonyl (C=O) groups is 1. The zero-order valence-corrected chi connectivity index (χ0v) is 23.5. The van der Waals surface area contributed by atoms with Gasteiger partial charge in [0.1, 0.15) is 0 Å². The van der Waals surface area contributed by atoms with Gasteiger partial charge in [-0.1, -0.05) is 43.7 Å². The van der Waals surface area contributed by atoms with Crippen LogP contribution in [0.25, 0.3) is 11.3 Å². The molecular weight excluding hydrogens is 502 g/mol. The maximum atomic E-state index is 10.5. The first kappa shape index (κ1) is 28.6. The number of aromatic nitrogens is 4. The van der Waals surface area contributed by atoms with E-state index in [2.05, 4.69) is 20.7 Å². The quantitative estimate of drug-likeness (QED) is 0.234. The highest BCUT2D eigenvalue weighted by Gasteiger charge is 2.26. The molecule has 2 aliphatic rings. The number of unbranched alkanes of at least 4 members (excludes halogenated alkanes) is 6. The van der Waals surface area contributed by atoms with E-state index in [1.807, 2.05) is 17.9 Å². The monoisotopic (exact) mass is 545 g/mol. The first-order valence-electron chi connectivity index (χ1n) is 14.5. The molecule has 2 aliphatic carbocycles. The Morgan fingerprint density at radius 1 is 1.03 bits per heavy atom. The van der Waals surface area contributed by atoms with Gasteiger partial charge in [0.25, 0.3) is 0 Å². The van der Waals surface area contributed by atoms with Crippen LogP contribution in [0.5, 0.6) is 0 Å². The zero-order chi connectivity index (χ0) is 26.7. The Labute approximate surface area is 231 Å². The zero-order valence-electron chi connectivity index (χ0n) is 22.8. The molecule has 10 heteroatoms. The maximum Gasteiger partial charge on any atom is 0.404 e. The Bertz CT molecular complexity index is 1020. The lowest BCUT2D eigenvalue weighted by Gasteiger charge is -2.30. The SMILES string of the molecule is Cn1ncc(-c2nc(N[C@H]3CC[C@H](NCCCCCCCCCOC(N)=O)CC3)ncc2Cl)c1CC1CC1. The van der Waals surface area contributed by atoms with Gasteiger partial charge in [-0.15, -0.1) is 0 Å². The van der Waals surface area contributed by atoms with Gasteiger partial charge in [-0.2, -0.15) is 5.10 Å². The highest BCUT2D eigenvalue weighted by atomic mass is 35.5. The molecule has 2 aromatic rings. The van der Waals surface area contributed by atoms with E-state index < -0.39 is 6.09 Å². The summed E-state index contributed by atoms with van der Waals surface area (Å²) < 4.78 is 6.71. The lowest BCUT2D eigenvalue weighted by atomic mass is 9.91. The van der Waals surface area contributed by atoms with Crippen LogP contribution in [0, 0.1) is 5.92 Å². The van der Waals surface area contributed by atoms with E-state index in [4.69, 9.17) is 27.1 Å². The van der Waals surface area contributed by atoms with Crippen molar-refractivity contribution in [3.05, 3.63) is 23.1 Å². The second-order valence-corrected chi connectivity index (χ2v) is 11.4. The van der Waals surface area contributed by atoms with Crippen LogP contribution in [0.15, 0.2) is 12.4 Å². The number of hydrogen-bond donors (Lipinski definition) is 3. The Morgan fingerprint density at radius 2 is 1.71 bits per heavy atom. The van der Waals surface area contributed by atoms with Crippen molar-refractivity contribution in [1.82, 2.24) is 25.1 Å². The standard InChI is InChI=1S/C28H44ClN7O2/c1-36-25(17-20-9-10-20)23(18-33-36)26-24(29)19-32-28(35-26)34-22-13-11-21(12-14-22)31-15-7-5-3-2-4-6-8-16-38-27(30)37/h18-22,31H,2-17H2,1H3,(H2,30,37)(H,32,34,35)/t21-,22-. The van der Waals surface area contributed by atoms with Crippen LogP contribution in [0.4, 0.5) is 10.7 Å². The minimum absolute atomic E-state index is 0.385. The predicted molar refractivity (Wildman–Crippen MR) is 151 cm³/mol. The minimum atomic E-state index is -0.675. The molecule has 1 amide bonds. The van der Waals surface area contributed by atoms with Crippen LogP contribution >= 0.6 is 11.6 Å². The summed E-state index contributed by atoms with van der Waals surface area (Å²) in [6.45, 7) is 1.53. The second-order valence-electron chi connectivity index (χ2n) is 11.0. The van der Waals surface area contributed by atoms with Crippen LogP contribution in [0.2, 0.25) is 5.02 Å². The molecule has 2 aromatic heterocycles. The number of ether oxygens (including phenoxy) is 1. The molecule has 0 bridgehead atoms. The van der Waals surface area contributed by atoms with Crippen LogP contribution in [0.1, 0.15) is 89.2 Å². The van der Waals surface area contributed by atoms with Crippen molar-refractivity contribution < 1.29 is 9.53 Å². The van der Waals surface area contributed by atoms with E-state index in [0.717, 1.165) is 55.8 Å². The molecule has 4 rings (SSSR count). The molecule has 0 aliphatic heterocycles. The summed E-state index contributed by atoms with van der Waals surface area (Å²) in [5.41, 5.74) is 7.97. The van der Waals surface area contributed by atoms with E-state index in [9.17, 15) is 4.79 Å². The van der Waals surface area contributed by atoms with Crippen molar-refractivity contribution in [2.75, 3.05) is 18.5 Å². The summed E-state index contributed by atoms with van der Waals surface area (Å²) in [6, 6.07) is 0.982. The van der Waals surface area contributed by atoms with E-state index in [0.29, 0.717) is 29.7 Å². The van der Waals surface area contributed by atoms with Gasteiger partial charge in [0, 0.05) is 30.4 Å². The average molecular weight is 546 g/mol. The first-order valence-corrected chi connectivity index (χ1v) is 14.8. The number of halogens is 1. The lowest BCUT2D eigenvalue weighted by Crippen LogP contribution is -2.37. The molecule has 2 heterocycles. The van der Waals surface area contributed by atoms with Crippen LogP contribution < -0.4 is 16.4 Å². The number of nitrogens with two attached hydrogens (primary N) is 1. The molecule has 9 nitrogen and oxygen atoms in total. The molecular formula is C28H44ClN7O2. The number of nitrogens with zero attached hydrogens (tertiary/aromatic N) is 4. The number of carbonyl (C=O) groups excluding carboxylic acids is 1. The molecule has 0 spiro atoms. The smallest absolute Gasteiger partial charge is 0.404 e.